The largest absolute Gasteiger partial charge is 0.461 e. The number of esters is 1. The van der Waals surface area contributed by atoms with Gasteiger partial charge in [-0.15, -0.1) is 0 Å². The summed E-state index contributed by atoms with van der Waals surface area (Å²) in [6.07, 6.45) is 1.44. The maximum absolute atomic E-state index is 11.2. The molecule has 70 valence electrons. The number of hydrogen-bond acceptors (Lipinski definition) is 4. The van der Waals surface area contributed by atoms with Crippen molar-refractivity contribution >= 4 is 12.0 Å². The monoisotopic (exact) mass is 181 g/mol. The predicted octanol–water partition coefficient (Wildman–Crippen LogP) is 1.80. The molecule has 0 aromatic carbocycles. The van der Waals surface area contributed by atoms with E-state index in [4.69, 9.17) is 9.15 Å². The molecule has 0 fully saturated rings. The minimum atomic E-state index is -0.461. The van der Waals surface area contributed by atoms with Gasteiger partial charge in [0.05, 0.1) is 6.61 Å². The van der Waals surface area contributed by atoms with Crippen LogP contribution < -0.4 is 0 Å². The number of aromatic nitrogens is 1. The van der Waals surface area contributed by atoms with Crippen LogP contribution in [0.5, 0.6) is 0 Å². The maximum atomic E-state index is 11.2. The van der Waals surface area contributed by atoms with Gasteiger partial charge < -0.3 is 9.15 Å². The summed E-state index contributed by atoms with van der Waals surface area (Å²) in [7, 11) is 0. The van der Waals surface area contributed by atoms with Gasteiger partial charge in [-0.05, 0) is 19.9 Å². The zero-order valence-electron chi connectivity index (χ0n) is 7.66. The quantitative estimate of drug-likeness (QED) is 0.667. The Labute approximate surface area is 76.2 Å². The van der Waals surface area contributed by atoms with E-state index < -0.39 is 5.97 Å². The van der Waals surface area contributed by atoms with Gasteiger partial charge in [0.1, 0.15) is 5.76 Å². The molecule has 0 atom stereocenters. The lowest BCUT2D eigenvalue weighted by molar-refractivity contribution is 0.0518. The van der Waals surface area contributed by atoms with E-state index in [0.29, 0.717) is 18.3 Å². The third-order valence-corrected chi connectivity index (χ3v) is 1.46. The van der Waals surface area contributed by atoms with Crippen molar-refractivity contribution in [2.75, 3.05) is 6.61 Å². The fourth-order valence-electron chi connectivity index (χ4n) is 0.893. The van der Waals surface area contributed by atoms with Gasteiger partial charge in [0, 0.05) is 0 Å². The van der Waals surface area contributed by atoms with Crippen LogP contribution in [0.4, 0.5) is 0 Å². The first-order chi connectivity index (χ1) is 6.19. The Morgan fingerprint density at radius 2 is 2.46 bits per heavy atom. The molecule has 0 saturated heterocycles. The molecule has 1 aromatic heterocycles. The first kappa shape index (κ1) is 9.51. The summed E-state index contributed by atoms with van der Waals surface area (Å²) in [5.41, 5.74) is 0.219. The maximum Gasteiger partial charge on any atom is 0.360 e. The van der Waals surface area contributed by atoms with E-state index in [2.05, 4.69) is 11.6 Å². The smallest absolute Gasteiger partial charge is 0.360 e. The first-order valence-electron chi connectivity index (χ1n) is 3.96. The summed E-state index contributed by atoms with van der Waals surface area (Å²) in [6.45, 7) is 7.21. The van der Waals surface area contributed by atoms with E-state index in [-0.39, 0.29) is 5.69 Å². The van der Waals surface area contributed by atoms with Gasteiger partial charge in [-0.2, -0.15) is 0 Å². The summed E-state index contributed by atoms with van der Waals surface area (Å²) in [6, 6.07) is 0. The Morgan fingerprint density at radius 1 is 1.77 bits per heavy atom. The highest BCUT2D eigenvalue weighted by Gasteiger charge is 2.16. The number of oxazole rings is 1. The number of aryl methyl sites for hydroxylation is 1. The molecule has 0 aliphatic heterocycles. The molecule has 1 heterocycles. The van der Waals surface area contributed by atoms with Crippen molar-refractivity contribution in [1.29, 1.82) is 0 Å². The lowest BCUT2D eigenvalue weighted by Crippen LogP contribution is -2.06. The van der Waals surface area contributed by atoms with E-state index in [1.54, 1.807) is 13.8 Å². The highest BCUT2D eigenvalue weighted by atomic mass is 16.5. The van der Waals surface area contributed by atoms with E-state index >= 15 is 0 Å². The van der Waals surface area contributed by atoms with Crippen LogP contribution in [0.3, 0.4) is 0 Å². The van der Waals surface area contributed by atoms with E-state index in [1.165, 1.54) is 6.08 Å². The molecule has 0 aliphatic carbocycles. The Kier molecular flexibility index (Phi) is 2.84. The van der Waals surface area contributed by atoms with Crippen LogP contribution in [0.15, 0.2) is 11.0 Å². The molecule has 0 radical (unpaired) electrons. The highest BCUT2D eigenvalue weighted by molar-refractivity contribution is 5.88. The summed E-state index contributed by atoms with van der Waals surface area (Å²) in [4.78, 5) is 15.1. The van der Waals surface area contributed by atoms with Gasteiger partial charge >= 0.3 is 5.97 Å². The summed E-state index contributed by atoms with van der Waals surface area (Å²) < 4.78 is 9.87. The predicted molar refractivity (Wildman–Crippen MR) is 47.3 cm³/mol. The number of rotatable bonds is 3. The molecular formula is C9H11NO3. The number of carbonyl (C=O) groups is 1. The highest BCUT2D eigenvalue weighted by Crippen LogP contribution is 2.11. The van der Waals surface area contributed by atoms with Gasteiger partial charge in [-0.1, -0.05) is 6.58 Å². The molecule has 0 N–H and O–H groups in total. The van der Waals surface area contributed by atoms with Crippen LogP contribution >= 0.6 is 0 Å². The standard InChI is InChI=1S/C9H11NO3/c1-4-7-10-8(6(3)13-7)9(11)12-5-2/h4H,1,5H2,2-3H3. The fourth-order valence-corrected chi connectivity index (χ4v) is 0.893. The molecule has 1 rings (SSSR count). The van der Waals surface area contributed by atoms with Crippen molar-refractivity contribution in [3.05, 3.63) is 23.9 Å². The van der Waals surface area contributed by atoms with E-state index in [0.717, 1.165) is 0 Å². The second kappa shape index (κ2) is 3.89. The lowest BCUT2D eigenvalue weighted by Gasteiger charge is -1.96. The number of ether oxygens (including phenoxy) is 1. The minimum absolute atomic E-state index is 0.219. The second-order valence-corrected chi connectivity index (χ2v) is 2.38. The first-order valence-corrected chi connectivity index (χ1v) is 3.96. The SMILES string of the molecule is C=Cc1nc(C(=O)OCC)c(C)o1. The van der Waals surface area contributed by atoms with Gasteiger partial charge in [0.15, 0.2) is 5.69 Å². The van der Waals surface area contributed by atoms with Gasteiger partial charge in [0.25, 0.3) is 0 Å². The summed E-state index contributed by atoms with van der Waals surface area (Å²) >= 11 is 0. The molecule has 4 heteroatoms. The van der Waals surface area contributed by atoms with Crippen molar-refractivity contribution in [2.24, 2.45) is 0 Å². The van der Waals surface area contributed by atoms with Gasteiger partial charge in [-0.25, -0.2) is 9.78 Å². The van der Waals surface area contributed by atoms with Crippen molar-refractivity contribution in [3.8, 4) is 0 Å². The average Bonchev–Trinajstić information content (AvgIpc) is 2.47. The molecule has 0 bridgehead atoms. The van der Waals surface area contributed by atoms with Crippen molar-refractivity contribution in [2.45, 2.75) is 13.8 Å². The Bertz CT molecular complexity index is 328. The van der Waals surface area contributed by atoms with Crippen LogP contribution in [-0.4, -0.2) is 17.6 Å². The van der Waals surface area contributed by atoms with E-state index in [1.807, 2.05) is 0 Å². The normalized spacial score (nSPS) is 9.69. The van der Waals surface area contributed by atoms with Gasteiger partial charge in [-0.3, -0.25) is 0 Å². The molecule has 4 nitrogen and oxygen atoms in total. The molecule has 0 saturated carbocycles. The lowest BCUT2D eigenvalue weighted by atomic mass is 10.4. The zero-order chi connectivity index (χ0) is 9.84. The fraction of sp³-hybridized carbons (Fsp3) is 0.333. The number of hydrogen-bond donors (Lipinski definition) is 0. The number of carbonyl (C=O) groups excluding carboxylic acids is 1. The van der Waals surface area contributed by atoms with Crippen LogP contribution in [0.1, 0.15) is 29.1 Å². The third-order valence-electron chi connectivity index (χ3n) is 1.46. The Balaban J connectivity index is 2.93. The van der Waals surface area contributed by atoms with Crippen molar-refractivity contribution in [1.82, 2.24) is 4.98 Å². The minimum Gasteiger partial charge on any atom is -0.461 e. The van der Waals surface area contributed by atoms with Crippen LogP contribution in [-0.2, 0) is 4.74 Å². The second-order valence-electron chi connectivity index (χ2n) is 2.38. The molecular weight excluding hydrogens is 170 g/mol. The van der Waals surface area contributed by atoms with Gasteiger partial charge in [0.2, 0.25) is 5.89 Å². The zero-order valence-corrected chi connectivity index (χ0v) is 7.66. The van der Waals surface area contributed by atoms with E-state index in [9.17, 15) is 4.79 Å². The van der Waals surface area contributed by atoms with Crippen LogP contribution in [0, 0.1) is 6.92 Å². The molecule has 0 aliphatic rings. The third kappa shape index (κ3) is 1.96. The summed E-state index contributed by atoms with van der Waals surface area (Å²) in [5, 5.41) is 0. The molecule has 0 spiro atoms. The Hall–Kier alpha value is -1.58. The molecule has 1 aromatic rings. The van der Waals surface area contributed by atoms with Crippen LogP contribution in [0.25, 0.3) is 6.08 Å². The van der Waals surface area contributed by atoms with Crippen molar-refractivity contribution < 1.29 is 13.9 Å². The molecule has 0 amide bonds. The molecule has 13 heavy (non-hydrogen) atoms. The Morgan fingerprint density at radius 3 is 2.92 bits per heavy atom. The number of nitrogens with zero attached hydrogens (tertiary/aromatic N) is 1. The van der Waals surface area contributed by atoms with Crippen LogP contribution in [0.2, 0.25) is 0 Å². The average molecular weight is 181 g/mol. The summed E-state index contributed by atoms with van der Waals surface area (Å²) in [5.74, 6) is 0.325. The molecule has 0 unspecified atom stereocenters. The van der Waals surface area contributed by atoms with Crippen molar-refractivity contribution in [3.63, 3.8) is 0 Å². The topological polar surface area (TPSA) is 52.3 Å².